The molecule has 158 valence electrons. The predicted molar refractivity (Wildman–Crippen MR) is 126 cm³/mol. The summed E-state index contributed by atoms with van der Waals surface area (Å²) in [6, 6.07) is 18.7. The van der Waals surface area contributed by atoms with Gasteiger partial charge in [0.2, 0.25) is 0 Å². The quantitative estimate of drug-likeness (QED) is 0.406. The summed E-state index contributed by atoms with van der Waals surface area (Å²) in [7, 11) is 1.68. The molecule has 1 aliphatic rings. The lowest BCUT2D eigenvalue weighted by Gasteiger charge is -2.36. The lowest BCUT2D eigenvalue weighted by Crippen LogP contribution is -2.40. The molecule has 0 bridgehead atoms. The van der Waals surface area contributed by atoms with Crippen LogP contribution in [0.15, 0.2) is 66.2 Å². The fraction of sp³-hybridized carbons (Fsp3) is 0.269. The van der Waals surface area contributed by atoms with Gasteiger partial charge in [-0.3, -0.25) is 4.79 Å². The standard InChI is InChI=1S/C26H26N2O2S/c1-3-27-17-22(21-6-4-5-7-23(21)27)26(29)28-14-12-19-13-15-31-25(19)24(28)16-18-8-10-20(30-2)11-9-18/h4-11,13,15,17,24H,3,12,14,16H2,1-2H3. The van der Waals surface area contributed by atoms with E-state index >= 15 is 0 Å². The number of carbonyl (C=O) groups excluding carboxylic acids is 1. The number of thiophene rings is 1. The number of methoxy groups -OCH3 is 1. The second-order valence-corrected chi connectivity index (χ2v) is 8.92. The second-order valence-electron chi connectivity index (χ2n) is 7.97. The Bertz CT molecular complexity index is 1220. The van der Waals surface area contributed by atoms with Gasteiger partial charge in [-0.05, 0) is 60.5 Å². The van der Waals surface area contributed by atoms with Gasteiger partial charge in [-0.1, -0.05) is 30.3 Å². The number of amides is 1. The van der Waals surface area contributed by atoms with Crippen LogP contribution in [0.2, 0.25) is 0 Å². The van der Waals surface area contributed by atoms with Gasteiger partial charge in [0.05, 0.1) is 18.7 Å². The maximum Gasteiger partial charge on any atom is 0.256 e. The molecule has 1 aliphatic heterocycles. The Balaban J connectivity index is 1.53. The average molecular weight is 431 g/mol. The molecule has 0 saturated heterocycles. The van der Waals surface area contributed by atoms with E-state index in [4.69, 9.17) is 4.74 Å². The van der Waals surface area contributed by atoms with Crippen LogP contribution in [0.25, 0.3) is 10.9 Å². The fourth-order valence-electron chi connectivity index (χ4n) is 4.65. The van der Waals surface area contributed by atoms with Crippen LogP contribution in [0.4, 0.5) is 0 Å². The molecule has 0 spiro atoms. The third kappa shape index (κ3) is 3.53. The first-order valence-corrected chi connectivity index (χ1v) is 11.7. The average Bonchev–Trinajstić information content (AvgIpc) is 3.44. The van der Waals surface area contributed by atoms with Crippen LogP contribution in [-0.4, -0.2) is 29.0 Å². The molecule has 1 unspecified atom stereocenters. The minimum Gasteiger partial charge on any atom is -0.497 e. The third-order valence-corrected chi connectivity index (χ3v) is 7.35. The molecule has 4 nitrogen and oxygen atoms in total. The first-order valence-electron chi connectivity index (χ1n) is 10.8. The van der Waals surface area contributed by atoms with Crippen LogP contribution in [0.3, 0.4) is 0 Å². The van der Waals surface area contributed by atoms with Crippen molar-refractivity contribution >= 4 is 28.1 Å². The first kappa shape index (κ1) is 19.9. The summed E-state index contributed by atoms with van der Waals surface area (Å²) in [5.41, 5.74) is 4.51. The molecular formula is C26H26N2O2S. The number of hydrogen-bond donors (Lipinski definition) is 0. The normalized spacial score (nSPS) is 15.8. The zero-order valence-electron chi connectivity index (χ0n) is 17.9. The SMILES string of the molecule is CCn1cc(C(=O)N2CCc3ccsc3C2Cc2ccc(OC)cc2)c2ccccc21. The molecule has 0 aliphatic carbocycles. The number of carbonyl (C=O) groups is 1. The number of aryl methyl sites for hydroxylation is 1. The summed E-state index contributed by atoms with van der Waals surface area (Å²) in [6.07, 6.45) is 3.74. The molecule has 0 fully saturated rings. The number of benzene rings is 2. The summed E-state index contributed by atoms with van der Waals surface area (Å²) in [5, 5.41) is 3.19. The Morgan fingerprint density at radius 1 is 1.13 bits per heavy atom. The number of ether oxygens (including phenoxy) is 1. The van der Waals surface area contributed by atoms with E-state index in [9.17, 15) is 4.79 Å². The maximum absolute atomic E-state index is 13.9. The first-order chi connectivity index (χ1) is 15.2. The van der Waals surface area contributed by atoms with E-state index in [0.717, 1.165) is 48.1 Å². The van der Waals surface area contributed by atoms with E-state index in [-0.39, 0.29) is 11.9 Å². The van der Waals surface area contributed by atoms with Crippen molar-refractivity contribution in [2.24, 2.45) is 0 Å². The van der Waals surface area contributed by atoms with Crippen molar-refractivity contribution in [2.45, 2.75) is 32.4 Å². The van der Waals surface area contributed by atoms with Crippen LogP contribution in [0, 0.1) is 0 Å². The molecule has 3 heterocycles. The monoisotopic (exact) mass is 430 g/mol. The van der Waals surface area contributed by atoms with Gasteiger partial charge < -0.3 is 14.2 Å². The van der Waals surface area contributed by atoms with Gasteiger partial charge >= 0.3 is 0 Å². The van der Waals surface area contributed by atoms with E-state index in [0.29, 0.717) is 0 Å². The van der Waals surface area contributed by atoms with Crippen LogP contribution < -0.4 is 4.74 Å². The second kappa shape index (κ2) is 8.23. The summed E-state index contributed by atoms with van der Waals surface area (Å²) in [5.74, 6) is 0.977. The van der Waals surface area contributed by atoms with Gasteiger partial charge in [0.1, 0.15) is 5.75 Å². The van der Waals surface area contributed by atoms with Crippen molar-refractivity contribution in [3.63, 3.8) is 0 Å². The summed E-state index contributed by atoms with van der Waals surface area (Å²) >= 11 is 1.77. The maximum atomic E-state index is 13.9. The summed E-state index contributed by atoms with van der Waals surface area (Å²) in [4.78, 5) is 17.3. The number of fused-ring (bicyclic) bond motifs is 2. The van der Waals surface area contributed by atoms with Crippen LogP contribution >= 0.6 is 11.3 Å². The lowest BCUT2D eigenvalue weighted by atomic mass is 9.95. The lowest BCUT2D eigenvalue weighted by molar-refractivity contribution is 0.0666. The van der Waals surface area contributed by atoms with E-state index in [1.807, 2.05) is 30.5 Å². The molecule has 31 heavy (non-hydrogen) atoms. The minimum absolute atomic E-state index is 0.0494. The number of hydrogen-bond acceptors (Lipinski definition) is 3. The molecule has 5 heteroatoms. The number of aromatic nitrogens is 1. The third-order valence-electron chi connectivity index (χ3n) is 6.29. The van der Waals surface area contributed by atoms with Crippen LogP contribution in [0.1, 0.15) is 39.3 Å². The largest absolute Gasteiger partial charge is 0.497 e. The molecule has 0 N–H and O–H groups in total. The van der Waals surface area contributed by atoms with Gasteiger partial charge in [-0.2, -0.15) is 0 Å². The Labute approximate surface area is 186 Å². The van der Waals surface area contributed by atoms with Gasteiger partial charge in [0.25, 0.3) is 5.91 Å². The van der Waals surface area contributed by atoms with Gasteiger partial charge in [0.15, 0.2) is 0 Å². The van der Waals surface area contributed by atoms with Crippen LogP contribution in [0.5, 0.6) is 5.75 Å². The molecule has 1 atom stereocenters. The fourth-order valence-corrected chi connectivity index (χ4v) is 5.72. The predicted octanol–water partition coefficient (Wildman–Crippen LogP) is 5.71. The Morgan fingerprint density at radius 2 is 1.94 bits per heavy atom. The Hall–Kier alpha value is -3.05. The van der Waals surface area contributed by atoms with Crippen LogP contribution in [-0.2, 0) is 19.4 Å². The molecule has 4 aromatic rings. The van der Waals surface area contributed by atoms with Gasteiger partial charge in [0, 0.05) is 35.1 Å². The van der Waals surface area contributed by atoms with E-state index in [2.05, 4.69) is 52.1 Å². The molecule has 2 aromatic heterocycles. The van der Waals surface area contributed by atoms with Crippen molar-refractivity contribution in [3.05, 3.63) is 87.7 Å². The van der Waals surface area contributed by atoms with Crippen molar-refractivity contribution < 1.29 is 9.53 Å². The number of rotatable bonds is 5. The molecule has 0 saturated carbocycles. The van der Waals surface area contributed by atoms with E-state index in [1.54, 1.807) is 18.4 Å². The summed E-state index contributed by atoms with van der Waals surface area (Å²) < 4.78 is 7.48. The number of para-hydroxylation sites is 1. The van der Waals surface area contributed by atoms with Gasteiger partial charge in [-0.15, -0.1) is 11.3 Å². The number of nitrogens with zero attached hydrogens (tertiary/aromatic N) is 2. The highest BCUT2D eigenvalue weighted by Crippen LogP contribution is 2.38. The molecule has 0 radical (unpaired) electrons. The zero-order valence-corrected chi connectivity index (χ0v) is 18.7. The van der Waals surface area contributed by atoms with E-state index in [1.165, 1.54) is 16.0 Å². The Morgan fingerprint density at radius 3 is 2.71 bits per heavy atom. The molecule has 1 amide bonds. The van der Waals surface area contributed by atoms with Crippen molar-refractivity contribution in [1.82, 2.24) is 9.47 Å². The summed E-state index contributed by atoms with van der Waals surface area (Å²) in [6.45, 7) is 3.71. The van der Waals surface area contributed by atoms with Crippen molar-refractivity contribution in [2.75, 3.05) is 13.7 Å². The van der Waals surface area contributed by atoms with Crippen molar-refractivity contribution in [3.8, 4) is 5.75 Å². The topological polar surface area (TPSA) is 34.5 Å². The highest BCUT2D eigenvalue weighted by Gasteiger charge is 2.33. The molecule has 5 rings (SSSR count). The smallest absolute Gasteiger partial charge is 0.256 e. The molecule has 2 aromatic carbocycles. The highest BCUT2D eigenvalue weighted by molar-refractivity contribution is 7.10. The highest BCUT2D eigenvalue weighted by atomic mass is 32.1. The van der Waals surface area contributed by atoms with Crippen molar-refractivity contribution in [1.29, 1.82) is 0 Å². The Kier molecular flexibility index (Phi) is 5.28. The van der Waals surface area contributed by atoms with E-state index < -0.39 is 0 Å². The molecular weight excluding hydrogens is 404 g/mol. The van der Waals surface area contributed by atoms with Gasteiger partial charge in [-0.25, -0.2) is 0 Å². The zero-order chi connectivity index (χ0) is 21.4. The minimum atomic E-state index is 0.0494.